The second kappa shape index (κ2) is 4.77. The van der Waals surface area contributed by atoms with Crippen LogP contribution in [0.4, 0.5) is 0 Å². The molecule has 0 aromatic carbocycles. The first-order valence-electron chi connectivity index (χ1n) is 4.49. The molecule has 0 aliphatic carbocycles. The second-order valence-corrected chi connectivity index (χ2v) is 4.06. The number of carboxylic acid groups (broad SMARTS) is 1. The van der Waals surface area contributed by atoms with Crippen molar-refractivity contribution in [2.24, 2.45) is 11.1 Å². The van der Waals surface area contributed by atoms with Crippen LogP contribution >= 0.6 is 0 Å². The Morgan fingerprint density at radius 3 is 2.20 bits per heavy atom. The first-order valence-corrected chi connectivity index (χ1v) is 4.49. The lowest BCUT2D eigenvalue weighted by Gasteiger charge is -2.19. The zero-order valence-corrected chi connectivity index (χ0v) is 9.03. The maximum absolute atomic E-state index is 11.3. The van der Waals surface area contributed by atoms with Gasteiger partial charge in [0, 0.05) is 6.42 Å². The fraction of sp³-hybridized carbons (Fsp3) is 0.667. The highest BCUT2D eigenvalue weighted by atomic mass is 16.4. The summed E-state index contributed by atoms with van der Waals surface area (Å²) in [7, 11) is 0. The van der Waals surface area contributed by atoms with E-state index in [1.165, 1.54) is 20.8 Å². The Morgan fingerprint density at radius 1 is 1.40 bits per heavy atom. The molecule has 4 N–H and O–H groups in total. The van der Waals surface area contributed by atoms with Gasteiger partial charge in [0.1, 0.15) is 6.04 Å². The Morgan fingerprint density at radius 2 is 1.87 bits per heavy atom. The van der Waals surface area contributed by atoms with E-state index in [1.54, 1.807) is 0 Å². The molecule has 1 atom stereocenters. The number of carbonyl (C=O) groups excluding carboxylic acids is 2. The Labute approximate surface area is 87.8 Å². The maximum Gasteiger partial charge on any atom is 0.309 e. The molecule has 0 spiro atoms. The third kappa shape index (κ3) is 4.44. The SMILES string of the molecule is CC(NC(=O)CC(C)(C)C(=O)O)C(N)=O. The molecule has 6 heteroatoms. The number of nitrogens with two attached hydrogens (primary N) is 1. The fourth-order valence-corrected chi connectivity index (χ4v) is 0.841. The smallest absolute Gasteiger partial charge is 0.309 e. The van der Waals surface area contributed by atoms with Crippen molar-refractivity contribution in [1.82, 2.24) is 5.32 Å². The molecule has 2 amide bonds. The van der Waals surface area contributed by atoms with Gasteiger partial charge in [-0.3, -0.25) is 14.4 Å². The molecule has 0 bridgehead atoms. The summed E-state index contributed by atoms with van der Waals surface area (Å²) in [6.45, 7) is 4.31. The summed E-state index contributed by atoms with van der Waals surface area (Å²) in [6.07, 6.45) is -0.194. The topological polar surface area (TPSA) is 109 Å². The summed E-state index contributed by atoms with van der Waals surface area (Å²) in [5.41, 5.74) is 3.79. The van der Waals surface area contributed by atoms with E-state index in [0.29, 0.717) is 0 Å². The number of amides is 2. The molecule has 0 heterocycles. The van der Waals surface area contributed by atoms with Gasteiger partial charge in [-0.15, -0.1) is 0 Å². The molecule has 6 nitrogen and oxygen atoms in total. The van der Waals surface area contributed by atoms with Crippen LogP contribution in [0.2, 0.25) is 0 Å². The van der Waals surface area contributed by atoms with Gasteiger partial charge in [0.25, 0.3) is 0 Å². The molecular weight excluding hydrogens is 200 g/mol. The highest BCUT2D eigenvalue weighted by Crippen LogP contribution is 2.19. The number of hydrogen-bond acceptors (Lipinski definition) is 3. The van der Waals surface area contributed by atoms with E-state index < -0.39 is 29.2 Å². The molecule has 1 unspecified atom stereocenters. The molecule has 0 fully saturated rings. The van der Waals surface area contributed by atoms with Crippen molar-refractivity contribution in [2.45, 2.75) is 33.2 Å². The number of primary amides is 1. The number of carbonyl (C=O) groups is 3. The Balaban J connectivity index is 4.27. The first kappa shape index (κ1) is 13.4. The molecule has 0 saturated carbocycles. The number of aliphatic carboxylic acids is 1. The summed E-state index contributed by atoms with van der Waals surface area (Å²) in [5.74, 6) is -2.23. The summed E-state index contributed by atoms with van der Waals surface area (Å²) >= 11 is 0. The van der Waals surface area contributed by atoms with Crippen LogP contribution in [0.25, 0.3) is 0 Å². The average Bonchev–Trinajstić information content (AvgIpc) is 2.01. The zero-order chi connectivity index (χ0) is 12.2. The minimum Gasteiger partial charge on any atom is -0.481 e. The number of rotatable bonds is 5. The van der Waals surface area contributed by atoms with Crippen molar-refractivity contribution in [2.75, 3.05) is 0 Å². The third-order valence-corrected chi connectivity index (χ3v) is 1.99. The normalized spacial score (nSPS) is 13.0. The predicted octanol–water partition coefficient (Wildman–Crippen LogP) is -0.523. The van der Waals surface area contributed by atoms with Crippen molar-refractivity contribution in [3.63, 3.8) is 0 Å². The van der Waals surface area contributed by atoms with Crippen molar-refractivity contribution in [1.29, 1.82) is 0 Å². The minimum atomic E-state index is -1.15. The van der Waals surface area contributed by atoms with Gasteiger partial charge in [-0.05, 0) is 20.8 Å². The van der Waals surface area contributed by atoms with E-state index in [4.69, 9.17) is 10.8 Å². The summed E-state index contributed by atoms with van der Waals surface area (Å²) in [5, 5.41) is 11.1. The molecule has 0 saturated heterocycles. The van der Waals surface area contributed by atoms with Crippen LogP contribution in [0.3, 0.4) is 0 Å². The monoisotopic (exact) mass is 216 g/mol. The molecule has 0 aliphatic heterocycles. The van der Waals surface area contributed by atoms with Crippen LogP contribution < -0.4 is 11.1 Å². The average molecular weight is 216 g/mol. The van der Waals surface area contributed by atoms with Crippen LogP contribution in [0.1, 0.15) is 27.2 Å². The molecule has 15 heavy (non-hydrogen) atoms. The van der Waals surface area contributed by atoms with Crippen molar-refractivity contribution >= 4 is 17.8 Å². The summed E-state index contributed by atoms with van der Waals surface area (Å²) in [4.78, 5) is 32.6. The van der Waals surface area contributed by atoms with Gasteiger partial charge < -0.3 is 16.2 Å². The van der Waals surface area contributed by atoms with Gasteiger partial charge in [0.05, 0.1) is 5.41 Å². The van der Waals surface area contributed by atoms with E-state index in [1.807, 2.05) is 0 Å². The van der Waals surface area contributed by atoms with Gasteiger partial charge in [-0.2, -0.15) is 0 Å². The van der Waals surface area contributed by atoms with Gasteiger partial charge >= 0.3 is 5.97 Å². The van der Waals surface area contributed by atoms with Gasteiger partial charge in [-0.1, -0.05) is 0 Å². The molecule has 0 aromatic heterocycles. The zero-order valence-electron chi connectivity index (χ0n) is 9.03. The molecule has 0 aliphatic rings. The second-order valence-electron chi connectivity index (χ2n) is 4.06. The van der Waals surface area contributed by atoms with Crippen molar-refractivity contribution < 1.29 is 19.5 Å². The quantitative estimate of drug-likeness (QED) is 0.574. The molecular formula is C9H16N2O4. The highest BCUT2D eigenvalue weighted by Gasteiger charge is 2.30. The van der Waals surface area contributed by atoms with E-state index in [2.05, 4.69) is 5.32 Å². The lowest BCUT2D eigenvalue weighted by molar-refractivity contribution is -0.149. The summed E-state index contributed by atoms with van der Waals surface area (Å²) in [6, 6.07) is -0.790. The molecule has 0 rings (SSSR count). The Hall–Kier alpha value is -1.59. The van der Waals surface area contributed by atoms with Crippen LogP contribution in [0, 0.1) is 5.41 Å². The number of hydrogen-bond donors (Lipinski definition) is 3. The lowest BCUT2D eigenvalue weighted by atomic mass is 9.89. The largest absolute Gasteiger partial charge is 0.481 e. The fourth-order valence-electron chi connectivity index (χ4n) is 0.841. The third-order valence-electron chi connectivity index (χ3n) is 1.99. The van der Waals surface area contributed by atoms with Crippen molar-refractivity contribution in [3.05, 3.63) is 0 Å². The van der Waals surface area contributed by atoms with E-state index in [0.717, 1.165) is 0 Å². The highest BCUT2D eigenvalue weighted by molar-refractivity contribution is 5.88. The van der Waals surface area contributed by atoms with Crippen LogP contribution in [0.15, 0.2) is 0 Å². The number of nitrogens with one attached hydrogen (secondary N) is 1. The maximum atomic E-state index is 11.3. The first-order chi connectivity index (χ1) is 6.66. The predicted molar refractivity (Wildman–Crippen MR) is 52.8 cm³/mol. The van der Waals surface area contributed by atoms with Crippen LogP contribution in [-0.2, 0) is 14.4 Å². The van der Waals surface area contributed by atoms with Crippen LogP contribution in [0.5, 0.6) is 0 Å². The minimum absolute atomic E-state index is 0.194. The summed E-state index contributed by atoms with van der Waals surface area (Å²) < 4.78 is 0. The van der Waals surface area contributed by atoms with Gasteiger partial charge in [-0.25, -0.2) is 0 Å². The van der Waals surface area contributed by atoms with E-state index in [-0.39, 0.29) is 6.42 Å². The molecule has 86 valence electrons. The standard InChI is InChI=1S/C9H16N2O4/c1-5(7(10)13)11-6(12)4-9(2,3)8(14)15/h5H,4H2,1-3H3,(H2,10,13)(H,11,12)(H,14,15). The lowest BCUT2D eigenvalue weighted by Crippen LogP contribution is -2.44. The molecule has 0 aromatic rings. The van der Waals surface area contributed by atoms with Crippen molar-refractivity contribution in [3.8, 4) is 0 Å². The molecule has 0 radical (unpaired) electrons. The van der Waals surface area contributed by atoms with Crippen LogP contribution in [-0.4, -0.2) is 28.9 Å². The number of carboxylic acids is 1. The van der Waals surface area contributed by atoms with E-state index >= 15 is 0 Å². The Bertz CT molecular complexity index is 286. The van der Waals surface area contributed by atoms with Gasteiger partial charge in [0.2, 0.25) is 11.8 Å². The van der Waals surface area contributed by atoms with Gasteiger partial charge in [0.15, 0.2) is 0 Å². The van der Waals surface area contributed by atoms with E-state index in [9.17, 15) is 14.4 Å². The Kier molecular flexibility index (Phi) is 4.26.